The molecular weight excluding hydrogens is 164 g/mol. The molecule has 2 aliphatic rings. The maximum atomic E-state index is 11.1. The molecule has 74 valence electrons. The van der Waals surface area contributed by atoms with Crippen LogP contribution in [0.5, 0.6) is 0 Å². The van der Waals surface area contributed by atoms with Crippen molar-refractivity contribution in [3.05, 3.63) is 0 Å². The van der Waals surface area contributed by atoms with Crippen LogP contribution in [0.15, 0.2) is 0 Å². The predicted octanol–water partition coefficient (Wildman–Crippen LogP) is 2.68. The molecule has 0 radical (unpaired) electrons. The molecule has 13 heavy (non-hydrogen) atoms. The molecule has 0 aromatic rings. The van der Waals surface area contributed by atoms with Gasteiger partial charge in [-0.3, -0.25) is 4.79 Å². The highest BCUT2D eigenvalue weighted by Gasteiger charge is 2.47. The SMILES string of the molecule is CC1(C(=O)O)C[C@H]2CCCC[C@@H]2C1. The highest BCUT2D eigenvalue weighted by atomic mass is 16.4. The topological polar surface area (TPSA) is 37.3 Å². The average molecular weight is 182 g/mol. The van der Waals surface area contributed by atoms with Gasteiger partial charge in [0.2, 0.25) is 0 Å². The van der Waals surface area contributed by atoms with E-state index in [1.54, 1.807) is 0 Å². The summed E-state index contributed by atoms with van der Waals surface area (Å²) in [6.07, 6.45) is 7.02. The van der Waals surface area contributed by atoms with Crippen molar-refractivity contribution in [3.8, 4) is 0 Å². The van der Waals surface area contributed by atoms with Crippen LogP contribution in [-0.4, -0.2) is 11.1 Å². The molecule has 2 heteroatoms. The number of carbonyl (C=O) groups is 1. The maximum absolute atomic E-state index is 11.1. The normalized spacial score (nSPS) is 37.0. The summed E-state index contributed by atoms with van der Waals surface area (Å²) in [6, 6.07) is 0. The standard InChI is InChI=1S/C11H18O2/c1-11(10(12)13)6-8-4-2-3-5-9(8)7-11/h8-9H,2-7H2,1H3,(H,12,13)/t8-,9-/m1/s1. The highest BCUT2D eigenvalue weighted by Crippen LogP contribution is 2.51. The molecule has 2 nitrogen and oxygen atoms in total. The fraction of sp³-hybridized carbons (Fsp3) is 0.909. The Bertz CT molecular complexity index is 208. The molecule has 2 rings (SSSR count). The van der Waals surface area contributed by atoms with E-state index in [1.807, 2.05) is 6.92 Å². The summed E-state index contributed by atoms with van der Waals surface area (Å²) < 4.78 is 0. The summed E-state index contributed by atoms with van der Waals surface area (Å²) in [7, 11) is 0. The van der Waals surface area contributed by atoms with E-state index >= 15 is 0 Å². The molecule has 2 atom stereocenters. The molecule has 0 aromatic heterocycles. The van der Waals surface area contributed by atoms with E-state index in [1.165, 1.54) is 25.7 Å². The molecule has 0 aromatic carbocycles. The second-order valence-electron chi connectivity index (χ2n) is 5.08. The molecule has 0 spiro atoms. The number of rotatable bonds is 1. The first-order valence-corrected chi connectivity index (χ1v) is 5.35. The Morgan fingerprint density at radius 3 is 2.08 bits per heavy atom. The molecular formula is C11H18O2. The van der Waals surface area contributed by atoms with Crippen LogP contribution < -0.4 is 0 Å². The van der Waals surface area contributed by atoms with Crippen LogP contribution in [0.2, 0.25) is 0 Å². The van der Waals surface area contributed by atoms with Gasteiger partial charge in [-0.25, -0.2) is 0 Å². The molecule has 0 saturated heterocycles. The van der Waals surface area contributed by atoms with Gasteiger partial charge in [0.15, 0.2) is 0 Å². The summed E-state index contributed by atoms with van der Waals surface area (Å²) >= 11 is 0. The number of carboxylic acids is 1. The molecule has 0 unspecified atom stereocenters. The fourth-order valence-corrected chi connectivity index (χ4v) is 3.24. The van der Waals surface area contributed by atoms with Gasteiger partial charge in [-0.15, -0.1) is 0 Å². The summed E-state index contributed by atoms with van der Waals surface area (Å²) in [5, 5.41) is 9.12. The van der Waals surface area contributed by atoms with Gasteiger partial charge in [0.25, 0.3) is 0 Å². The van der Waals surface area contributed by atoms with Crippen LogP contribution >= 0.6 is 0 Å². The lowest BCUT2D eigenvalue weighted by Gasteiger charge is -2.24. The maximum Gasteiger partial charge on any atom is 0.309 e. The van der Waals surface area contributed by atoms with E-state index in [2.05, 4.69) is 0 Å². The summed E-state index contributed by atoms with van der Waals surface area (Å²) in [5.74, 6) is 0.853. The van der Waals surface area contributed by atoms with Gasteiger partial charge in [-0.1, -0.05) is 25.7 Å². The minimum absolute atomic E-state index is 0.403. The zero-order valence-electron chi connectivity index (χ0n) is 8.25. The van der Waals surface area contributed by atoms with E-state index in [0.29, 0.717) is 0 Å². The van der Waals surface area contributed by atoms with E-state index in [-0.39, 0.29) is 0 Å². The van der Waals surface area contributed by atoms with Crippen LogP contribution in [-0.2, 0) is 4.79 Å². The van der Waals surface area contributed by atoms with Gasteiger partial charge >= 0.3 is 5.97 Å². The second-order valence-corrected chi connectivity index (χ2v) is 5.08. The third-order valence-electron chi connectivity index (χ3n) is 4.01. The van der Waals surface area contributed by atoms with Crippen molar-refractivity contribution in [2.24, 2.45) is 17.3 Å². The fourth-order valence-electron chi connectivity index (χ4n) is 3.24. The van der Waals surface area contributed by atoms with Crippen molar-refractivity contribution in [2.75, 3.05) is 0 Å². The Labute approximate surface area is 79.3 Å². The van der Waals surface area contributed by atoms with Crippen LogP contribution in [0.25, 0.3) is 0 Å². The Balaban J connectivity index is 2.10. The van der Waals surface area contributed by atoms with Gasteiger partial charge < -0.3 is 5.11 Å². The number of carboxylic acid groups (broad SMARTS) is 1. The Hall–Kier alpha value is -0.530. The summed E-state index contributed by atoms with van der Waals surface area (Å²) in [6.45, 7) is 1.92. The lowest BCUT2D eigenvalue weighted by Crippen LogP contribution is -2.24. The predicted molar refractivity (Wildman–Crippen MR) is 50.4 cm³/mol. The average Bonchev–Trinajstić information content (AvgIpc) is 2.42. The van der Waals surface area contributed by atoms with Gasteiger partial charge in [-0.2, -0.15) is 0 Å². The van der Waals surface area contributed by atoms with E-state index in [4.69, 9.17) is 5.11 Å². The lowest BCUT2D eigenvalue weighted by molar-refractivity contribution is -0.147. The highest BCUT2D eigenvalue weighted by molar-refractivity contribution is 5.74. The first kappa shape index (κ1) is 9.04. The number of aliphatic carboxylic acids is 1. The molecule has 2 saturated carbocycles. The Kier molecular flexibility index (Phi) is 2.09. The zero-order valence-corrected chi connectivity index (χ0v) is 8.25. The molecule has 2 aliphatic carbocycles. The second kappa shape index (κ2) is 3.00. The summed E-state index contributed by atoms with van der Waals surface area (Å²) in [4.78, 5) is 11.1. The van der Waals surface area contributed by atoms with Gasteiger partial charge in [0, 0.05) is 0 Å². The third-order valence-corrected chi connectivity index (χ3v) is 4.01. The summed E-state index contributed by atoms with van der Waals surface area (Å²) in [5.41, 5.74) is -0.403. The monoisotopic (exact) mass is 182 g/mol. The minimum Gasteiger partial charge on any atom is -0.481 e. The van der Waals surface area contributed by atoms with Crippen LogP contribution in [0.3, 0.4) is 0 Å². The number of fused-ring (bicyclic) bond motifs is 1. The van der Waals surface area contributed by atoms with Crippen LogP contribution in [0.4, 0.5) is 0 Å². The molecule has 0 amide bonds. The smallest absolute Gasteiger partial charge is 0.309 e. The largest absolute Gasteiger partial charge is 0.481 e. The Morgan fingerprint density at radius 1 is 1.23 bits per heavy atom. The third kappa shape index (κ3) is 1.47. The number of hydrogen-bond donors (Lipinski definition) is 1. The lowest BCUT2D eigenvalue weighted by atomic mass is 9.82. The van der Waals surface area contributed by atoms with Crippen molar-refractivity contribution >= 4 is 5.97 Å². The van der Waals surface area contributed by atoms with Crippen LogP contribution in [0, 0.1) is 17.3 Å². The van der Waals surface area contributed by atoms with Gasteiger partial charge in [0.1, 0.15) is 0 Å². The molecule has 0 heterocycles. The minimum atomic E-state index is -0.582. The van der Waals surface area contributed by atoms with Gasteiger partial charge in [-0.05, 0) is 31.6 Å². The Morgan fingerprint density at radius 2 is 1.69 bits per heavy atom. The number of hydrogen-bond acceptors (Lipinski definition) is 1. The van der Waals surface area contributed by atoms with Crippen molar-refractivity contribution in [1.29, 1.82) is 0 Å². The quantitative estimate of drug-likeness (QED) is 0.677. The molecule has 0 bridgehead atoms. The van der Waals surface area contributed by atoms with Crippen molar-refractivity contribution in [3.63, 3.8) is 0 Å². The molecule has 1 N–H and O–H groups in total. The van der Waals surface area contributed by atoms with Crippen molar-refractivity contribution in [1.82, 2.24) is 0 Å². The van der Waals surface area contributed by atoms with E-state index in [9.17, 15) is 4.79 Å². The van der Waals surface area contributed by atoms with Crippen LogP contribution in [0.1, 0.15) is 45.4 Å². The van der Waals surface area contributed by atoms with Crippen molar-refractivity contribution < 1.29 is 9.90 Å². The van der Waals surface area contributed by atoms with Gasteiger partial charge in [0.05, 0.1) is 5.41 Å². The first-order valence-electron chi connectivity index (χ1n) is 5.35. The zero-order chi connectivity index (χ0) is 9.47. The molecule has 2 fully saturated rings. The van der Waals surface area contributed by atoms with Crippen molar-refractivity contribution in [2.45, 2.75) is 45.4 Å². The van der Waals surface area contributed by atoms with E-state index < -0.39 is 11.4 Å². The first-order chi connectivity index (χ1) is 6.12. The molecule has 0 aliphatic heterocycles. The van der Waals surface area contributed by atoms with E-state index in [0.717, 1.165) is 24.7 Å².